The third-order valence-corrected chi connectivity index (χ3v) is 3.98. The van der Waals surface area contributed by atoms with Gasteiger partial charge < -0.3 is 14.6 Å². The topological polar surface area (TPSA) is 38.7 Å². The molecule has 0 saturated carbocycles. The number of ether oxygens (including phenoxy) is 2. The SMILES string of the molecule is CC(C)Cc1ccc(C(O)COCC2CCOCC2)cc1. The third-order valence-electron chi connectivity index (χ3n) is 3.98. The minimum atomic E-state index is -0.530. The van der Waals surface area contributed by atoms with Crippen LogP contribution in [0.4, 0.5) is 0 Å². The van der Waals surface area contributed by atoms with Crippen molar-refractivity contribution in [3.63, 3.8) is 0 Å². The van der Waals surface area contributed by atoms with Gasteiger partial charge in [-0.1, -0.05) is 38.1 Å². The fraction of sp³-hybridized carbons (Fsp3) is 0.667. The van der Waals surface area contributed by atoms with Crippen LogP contribution in [-0.4, -0.2) is 31.5 Å². The van der Waals surface area contributed by atoms with Crippen molar-refractivity contribution >= 4 is 0 Å². The first-order chi connectivity index (χ1) is 10.1. The molecule has 1 aromatic rings. The van der Waals surface area contributed by atoms with Crippen LogP contribution in [0.2, 0.25) is 0 Å². The number of benzene rings is 1. The van der Waals surface area contributed by atoms with E-state index in [0.29, 0.717) is 18.4 Å². The van der Waals surface area contributed by atoms with Crippen LogP contribution < -0.4 is 0 Å². The van der Waals surface area contributed by atoms with Gasteiger partial charge in [-0.05, 0) is 42.2 Å². The van der Waals surface area contributed by atoms with E-state index >= 15 is 0 Å². The Morgan fingerprint density at radius 1 is 1.19 bits per heavy atom. The summed E-state index contributed by atoms with van der Waals surface area (Å²) in [5.41, 5.74) is 2.26. The van der Waals surface area contributed by atoms with Crippen LogP contribution >= 0.6 is 0 Å². The molecule has 0 bridgehead atoms. The van der Waals surface area contributed by atoms with Gasteiger partial charge in [0.25, 0.3) is 0 Å². The Hall–Kier alpha value is -0.900. The highest BCUT2D eigenvalue weighted by molar-refractivity contribution is 5.24. The number of aliphatic hydroxyl groups is 1. The molecule has 1 aliphatic rings. The number of aliphatic hydroxyl groups excluding tert-OH is 1. The van der Waals surface area contributed by atoms with E-state index in [2.05, 4.69) is 26.0 Å². The Bertz CT molecular complexity index is 393. The van der Waals surface area contributed by atoms with E-state index in [1.807, 2.05) is 12.1 Å². The Kier molecular flexibility index (Phi) is 6.68. The molecular weight excluding hydrogens is 264 g/mol. The zero-order valence-electron chi connectivity index (χ0n) is 13.3. The van der Waals surface area contributed by atoms with Crippen molar-refractivity contribution in [1.82, 2.24) is 0 Å². The van der Waals surface area contributed by atoms with Crippen molar-refractivity contribution in [2.75, 3.05) is 26.4 Å². The van der Waals surface area contributed by atoms with Gasteiger partial charge in [0, 0.05) is 19.8 Å². The third kappa shape index (κ3) is 5.77. The summed E-state index contributed by atoms with van der Waals surface area (Å²) >= 11 is 0. The fourth-order valence-corrected chi connectivity index (χ4v) is 2.70. The Balaban J connectivity index is 1.73. The lowest BCUT2D eigenvalue weighted by atomic mass is 10.0. The van der Waals surface area contributed by atoms with Gasteiger partial charge in [0.1, 0.15) is 6.10 Å². The summed E-state index contributed by atoms with van der Waals surface area (Å²) in [5.74, 6) is 1.24. The van der Waals surface area contributed by atoms with Crippen molar-refractivity contribution in [3.8, 4) is 0 Å². The normalized spacial score (nSPS) is 18.1. The fourth-order valence-electron chi connectivity index (χ4n) is 2.70. The van der Waals surface area contributed by atoms with Gasteiger partial charge in [-0.3, -0.25) is 0 Å². The second-order valence-electron chi connectivity index (χ2n) is 6.45. The van der Waals surface area contributed by atoms with Gasteiger partial charge in [-0.15, -0.1) is 0 Å². The van der Waals surface area contributed by atoms with Crippen LogP contribution in [0, 0.1) is 11.8 Å². The summed E-state index contributed by atoms with van der Waals surface area (Å²) in [6, 6.07) is 8.24. The van der Waals surface area contributed by atoms with Crippen molar-refractivity contribution < 1.29 is 14.6 Å². The molecular formula is C18H28O3. The quantitative estimate of drug-likeness (QED) is 0.837. The molecule has 1 heterocycles. The van der Waals surface area contributed by atoms with Gasteiger partial charge in [-0.25, -0.2) is 0 Å². The van der Waals surface area contributed by atoms with E-state index in [9.17, 15) is 5.11 Å². The lowest BCUT2D eigenvalue weighted by molar-refractivity contribution is -0.00966. The van der Waals surface area contributed by atoms with Crippen LogP contribution in [0.1, 0.15) is 43.9 Å². The predicted octanol–water partition coefficient (Wildman–Crippen LogP) is 3.36. The second-order valence-corrected chi connectivity index (χ2v) is 6.45. The largest absolute Gasteiger partial charge is 0.386 e. The van der Waals surface area contributed by atoms with Crippen LogP contribution in [0.15, 0.2) is 24.3 Å². The second kappa shape index (κ2) is 8.52. The average Bonchev–Trinajstić information content (AvgIpc) is 2.48. The standard InChI is InChI=1S/C18H28O3/c1-14(2)11-15-3-5-17(6-4-15)18(19)13-21-12-16-7-9-20-10-8-16/h3-6,14,16,18-19H,7-13H2,1-2H3. The molecule has 1 aliphatic heterocycles. The molecule has 0 amide bonds. The van der Waals surface area contributed by atoms with Gasteiger partial charge in [0.2, 0.25) is 0 Å². The minimum absolute atomic E-state index is 0.376. The van der Waals surface area contributed by atoms with E-state index in [4.69, 9.17) is 9.47 Å². The maximum atomic E-state index is 10.2. The Morgan fingerprint density at radius 2 is 1.86 bits per heavy atom. The molecule has 3 nitrogen and oxygen atoms in total. The zero-order valence-corrected chi connectivity index (χ0v) is 13.3. The van der Waals surface area contributed by atoms with Crippen molar-refractivity contribution in [3.05, 3.63) is 35.4 Å². The highest BCUT2D eigenvalue weighted by Crippen LogP contribution is 2.18. The summed E-state index contributed by atoms with van der Waals surface area (Å²) in [7, 11) is 0. The smallest absolute Gasteiger partial charge is 0.102 e. The van der Waals surface area contributed by atoms with Crippen LogP contribution in [0.5, 0.6) is 0 Å². The van der Waals surface area contributed by atoms with Crippen LogP contribution in [0.3, 0.4) is 0 Å². The summed E-state index contributed by atoms with van der Waals surface area (Å²) in [6.45, 7) is 7.22. The minimum Gasteiger partial charge on any atom is -0.386 e. The lowest BCUT2D eigenvalue weighted by Gasteiger charge is -2.22. The molecule has 118 valence electrons. The van der Waals surface area contributed by atoms with E-state index in [0.717, 1.165) is 44.6 Å². The molecule has 2 rings (SSSR count). The molecule has 0 aliphatic carbocycles. The molecule has 1 aromatic carbocycles. The van der Waals surface area contributed by atoms with Crippen molar-refractivity contribution in [1.29, 1.82) is 0 Å². The molecule has 0 radical (unpaired) electrons. The maximum absolute atomic E-state index is 10.2. The highest BCUT2D eigenvalue weighted by Gasteiger charge is 2.15. The monoisotopic (exact) mass is 292 g/mol. The Morgan fingerprint density at radius 3 is 2.48 bits per heavy atom. The molecule has 0 spiro atoms. The maximum Gasteiger partial charge on any atom is 0.102 e. The summed E-state index contributed by atoms with van der Waals surface area (Å²) in [4.78, 5) is 0. The van der Waals surface area contributed by atoms with E-state index in [1.54, 1.807) is 0 Å². The first kappa shape index (κ1) is 16.5. The molecule has 1 fully saturated rings. The lowest BCUT2D eigenvalue weighted by Crippen LogP contribution is -2.21. The highest BCUT2D eigenvalue weighted by atomic mass is 16.5. The average molecular weight is 292 g/mol. The molecule has 21 heavy (non-hydrogen) atoms. The van der Waals surface area contributed by atoms with Gasteiger partial charge >= 0.3 is 0 Å². The van der Waals surface area contributed by atoms with Crippen molar-refractivity contribution in [2.45, 2.75) is 39.2 Å². The Labute approximate surface area is 128 Å². The molecule has 3 heteroatoms. The predicted molar refractivity (Wildman–Crippen MR) is 84.3 cm³/mol. The molecule has 1 atom stereocenters. The summed E-state index contributed by atoms with van der Waals surface area (Å²) < 4.78 is 11.0. The van der Waals surface area contributed by atoms with Gasteiger partial charge in [0.15, 0.2) is 0 Å². The summed E-state index contributed by atoms with van der Waals surface area (Å²) in [5, 5.41) is 10.2. The van der Waals surface area contributed by atoms with Gasteiger partial charge in [-0.2, -0.15) is 0 Å². The number of rotatable bonds is 7. The van der Waals surface area contributed by atoms with Crippen LogP contribution in [-0.2, 0) is 15.9 Å². The molecule has 1 N–H and O–H groups in total. The zero-order chi connectivity index (χ0) is 15.1. The number of hydrogen-bond acceptors (Lipinski definition) is 3. The first-order valence-electron chi connectivity index (χ1n) is 8.07. The first-order valence-corrected chi connectivity index (χ1v) is 8.07. The van der Waals surface area contributed by atoms with Gasteiger partial charge in [0.05, 0.1) is 6.61 Å². The van der Waals surface area contributed by atoms with Crippen molar-refractivity contribution in [2.24, 2.45) is 11.8 Å². The van der Waals surface area contributed by atoms with E-state index in [-0.39, 0.29) is 0 Å². The van der Waals surface area contributed by atoms with E-state index in [1.165, 1.54) is 5.56 Å². The number of hydrogen-bond donors (Lipinski definition) is 1. The van der Waals surface area contributed by atoms with E-state index < -0.39 is 6.10 Å². The molecule has 1 unspecified atom stereocenters. The molecule has 1 saturated heterocycles. The summed E-state index contributed by atoms with van der Waals surface area (Å²) in [6.07, 6.45) is 2.69. The van der Waals surface area contributed by atoms with Crippen LogP contribution in [0.25, 0.3) is 0 Å². The molecule has 0 aromatic heterocycles.